The van der Waals surface area contributed by atoms with E-state index in [0.717, 1.165) is 25.7 Å². The van der Waals surface area contributed by atoms with E-state index in [2.05, 4.69) is 13.8 Å². The Hall–Kier alpha value is -1.14. The van der Waals surface area contributed by atoms with Crippen molar-refractivity contribution in [1.29, 1.82) is 0 Å². The number of aliphatic hydroxyl groups is 4. The molecular formula is C24H34Cl2O4. The van der Waals surface area contributed by atoms with Gasteiger partial charge in [-0.25, -0.2) is 0 Å². The molecular weight excluding hydrogens is 423 g/mol. The Labute approximate surface area is 190 Å². The molecule has 0 radical (unpaired) electrons. The van der Waals surface area contributed by atoms with Crippen LogP contribution in [0.3, 0.4) is 0 Å². The fourth-order valence-corrected chi connectivity index (χ4v) is 3.48. The van der Waals surface area contributed by atoms with Crippen LogP contribution in [0.4, 0.5) is 0 Å². The fourth-order valence-electron chi connectivity index (χ4n) is 2.99. The normalized spacial score (nSPS) is 14.9. The van der Waals surface area contributed by atoms with Gasteiger partial charge in [0.05, 0.1) is 12.2 Å². The largest absolute Gasteiger partial charge is 0.390 e. The summed E-state index contributed by atoms with van der Waals surface area (Å²) in [5, 5.41) is 40.2. The third-order valence-electron chi connectivity index (χ3n) is 4.88. The van der Waals surface area contributed by atoms with Gasteiger partial charge in [0.1, 0.15) is 12.2 Å². The Balaban J connectivity index is 0.000000300. The molecule has 4 N–H and O–H groups in total. The second-order valence-corrected chi connectivity index (χ2v) is 8.17. The van der Waals surface area contributed by atoms with Crippen LogP contribution in [0, 0.1) is 0 Å². The van der Waals surface area contributed by atoms with Gasteiger partial charge in [-0.05, 0) is 25.0 Å². The van der Waals surface area contributed by atoms with Gasteiger partial charge >= 0.3 is 0 Å². The summed E-state index contributed by atoms with van der Waals surface area (Å²) in [5.41, 5.74) is 1.20. The van der Waals surface area contributed by atoms with Crippen molar-refractivity contribution in [2.24, 2.45) is 0 Å². The number of unbranched alkanes of at least 4 members (excludes halogenated alkanes) is 2. The average molecular weight is 457 g/mol. The fraction of sp³-hybridized carbons (Fsp3) is 0.500. The Morgan fingerprint density at radius 3 is 1.27 bits per heavy atom. The lowest BCUT2D eigenvalue weighted by Gasteiger charge is -2.18. The Morgan fingerprint density at radius 1 is 0.633 bits per heavy atom. The van der Waals surface area contributed by atoms with Crippen molar-refractivity contribution >= 4 is 23.2 Å². The first-order valence-corrected chi connectivity index (χ1v) is 11.3. The number of rotatable bonds is 10. The molecule has 6 heteroatoms. The molecule has 0 heterocycles. The van der Waals surface area contributed by atoms with Crippen molar-refractivity contribution in [2.45, 2.75) is 76.8 Å². The smallest absolute Gasteiger partial charge is 0.106 e. The van der Waals surface area contributed by atoms with Crippen LogP contribution in [0.1, 0.15) is 75.7 Å². The minimum Gasteiger partial charge on any atom is -0.390 e. The Bertz CT molecular complexity index is 664. The maximum absolute atomic E-state index is 9.86. The highest BCUT2D eigenvalue weighted by Gasteiger charge is 2.20. The lowest BCUT2D eigenvalue weighted by Crippen LogP contribution is -2.18. The highest BCUT2D eigenvalue weighted by atomic mass is 35.5. The molecule has 0 aliphatic carbocycles. The molecule has 0 fully saturated rings. The zero-order chi connectivity index (χ0) is 22.5. The van der Waals surface area contributed by atoms with Crippen LogP contribution in [0.25, 0.3) is 0 Å². The van der Waals surface area contributed by atoms with Gasteiger partial charge in [0.15, 0.2) is 0 Å². The van der Waals surface area contributed by atoms with Crippen LogP contribution in [-0.2, 0) is 0 Å². The van der Waals surface area contributed by atoms with Gasteiger partial charge in [-0.2, -0.15) is 0 Å². The van der Waals surface area contributed by atoms with E-state index < -0.39 is 24.4 Å². The SMILES string of the molecule is CCCC[C@@H](O)[C@H](O)c1ccccc1Cl.CCCC[C@H](O)[C@@H](O)c1ccccc1Cl. The van der Waals surface area contributed by atoms with Crippen molar-refractivity contribution in [1.82, 2.24) is 0 Å². The molecule has 0 saturated carbocycles. The zero-order valence-electron chi connectivity index (χ0n) is 17.7. The molecule has 0 aromatic heterocycles. The van der Waals surface area contributed by atoms with Gasteiger partial charge in [0.25, 0.3) is 0 Å². The van der Waals surface area contributed by atoms with E-state index in [0.29, 0.717) is 34.0 Å². The first-order chi connectivity index (χ1) is 14.3. The summed E-state index contributed by atoms with van der Waals surface area (Å²) in [5.74, 6) is 0. The molecule has 0 spiro atoms. The summed E-state index contributed by atoms with van der Waals surface area (Å²) in [6.45, 7) is 4.10. The van der Waals surface area contributed by atoms with E-state index in [1.54, 1.807) is 48.5 Å². The van der Waals surface area contributed by atoms with Crippen LogP contribution in [0.2, 0.25) is 10.0 Å². The Morgan fingerprint density at radius 2 is 0.967 bits per heavy atom. The van der Waals surface area contributed by atoms with Crippen LogP contribution < -0.4 is 0 Å². The molecule has 0 amide bonds. The quantitative estimate of drug-likeness (QED) is 0.361. The van der Waals surface area contributed by atoms with Crippen molar-refractivity contribution in [3.05, 3.63) is 69.7 Å². The number of benzene rings is 2. The summed E-state index contributed by atoms with van der Waals surface area (Å²) in [6.07, 6.45) is 1.79. The maximum Gasteiger partial charge on any atom is 0.106 e. The molecule has 2 rings (SSSR count). The maximum atomic E-state index is 9.86. The molecule has 4 atom stereocenters. The van der Waals surface area contributed by atoms with E-state index >= 15 is 0 Å². The summed E-state index contributed by atoms with van der Waals surface area (Å²) in [6, 6.07) is 14.1. The molecule has 0 unspecified atom stereocenters. The summed E-state index contributed by atoms with van der Waals surface area (Å²) >= 11 is 11.9. The zero-order valence-corrected chi connectivity index (χ0v) is 19.2. The molecule has 0 aliphatic heterocycles. The van der Waals surface area contributed by atoms with Crippen molar-refractivity contribution in [3.63, 3.8) is 0 Å². The molecule has 168 valence electrons. The van der Waals surface area contributed by atoms with Gasteiger partial charge in [-0.15, -0.1) is 0 Å². The van der Waals surface area contributed by atoms with Crippen LogP contribution in [-0.4, -0.2) is 32.6 Å². The second-order valence-electron chi connectivity index (χ2n) is 7.35. The summed E-state index contributed by atoms with van der Waals surface area (Å²) in [7, 11) is 0. The first-order valence-electron chi connectivity index (χ1n) is 10.5. The predicted octanol–water partition coefficient (Wildman–Crippen LogP) is 5.85. The van der Waals surface area contributed by atoms with E-state index in [1.807, 2.05) is 0 Å². The predicted molar refractivity (Wildman–Crippen MR) is 124 cm³/mol. The lowest BCUT2D eigenvalue weighted by atomic mass is 10.0. The monoisotopic (exact) mass is 456 g/mol. The van der Waals surface area contributed by atoms with E-state index in [4.69, 9.17) is 23.2 Å². The molecule has 2 aromatic carbocycles. The first kappa shape index (κ1) is 26.9. The minimum absolute atomic E-state index is 0.501. The van der Waals surface area contributed by atoms with Crippen LogP contribution in [0.15, 0.2) is 48.5 Å². The second kappa shape index (κ2) is 14.8. The summed E-state index contributed by atoms with van der Waals surface area (Å²) < 4.78 is 0. The molecule has 4 nitrogen and oxygen atoms in total. The molecule has 0 bridgehead atoms. The van der Waals surface area contributed by atoms with Crippen LogP contribution >= 0.6 is 23.2 Å². The molecule has 0 aliphatic rings. The van der Waals surface area contributed by atoms with Gasteiger partial charge in [-0.1, -0.05) is 99.1 Å². The average Bonchev–Trinajstić information content (AvgIpc) is 2.76. The standard InChI is InChI=1S/2C12H17ClO2/c2*1-2-3-8-11(14)12(15)9-6-4-5-7-10(9)13/h2*4-7,11-12,14-15H,2-3,8H2,1H3/t2*11-,12-/m10/s1. The third-order valence-corrected chi connectivity index (χ3v) is 5.57. The third kappa shape index (κ3) is 8.93. The van der Waals surface area contributed by atoms with E-state index in [-0.39, 0.29) is 0 Å². The van der Waals surface area contributed by atoms with E-state index in [1.165, 1.54) is 0 Å². The highest BCUT2D eigenvalue weighted by molar-refractivity contribution is 6.31. The number of halogens is 2. The molecule has 30 heavy (non-hydrogen) atoms. The van der Waals surface area contributed by atoms with Crippen molar-refractivity contribution < 1.29 is 20.4 Å². The number of aliphatic hydroxyl groups excluding tert-OH is 4. The van der Waals surface area contributed by atoms with Gasteiger partial charge in [-0.3, -0.25) is 0 Å². The minimum atomic E-state index is -0.884. The summed E-state index contributed by atoms with van der Waals surface area (Å²) in [4.78, 5) is 0. The van der Waals surface area contributed by atoms with Gasteiger partial charge < -0.3 is 20.4 Å². The van der Waals surface area contributed by atoms with E-state index in [9.17, 15) is 20.4 Å². The van der Waals surface area contributed by atoms with Crippen LogP contribution in [0.5, 0.6) is 0 Å². The highest BCUT2D eigenvalue weighted by Crippen LogP contribution is 2.27. The molecule has 2 aromatic rings. The van der Waals surface area contributed by atoms with Gasteiger partial charge in [0.2, 0.25) is 0 Å². The lowest BCUT2D eigenvalue weighted by molar-refractivity contribution is 0.0123. The topological polar surface area (TPSA) is 80.9 Å². The van der Waals surface area contributed by atoms with Gasteiger partial charge in [0, 0.05) is 21.2 Å². The number of hydrogen-bond donors (Lipinski definition) is 4. The Kier molecular flexibility index (Phi) is 13.3. The molecule has 0 saturated heterocycles. The number of hydrogen-bond acceptors (Lipinski definition) is 4. The van der Waals surface area contributed by atoms with Crippen molar-refractivity contribution in [2.75, 3.05) is 0 Å². The van der Waals surface area contributed by atoms with Crippen molar-refractivity contribution in [3.8, 4) is 0 Å².